The van der Waals surface area contributed by atoms with E-state index in [4.69, 9.17) is 8.83 Å². The Morgan fingerprint density at radius 1 is 1.14 bits per heavy atom. The number of rotatable bonds is 6. The van der Waals surface area contributed by atoms with Gasteiger partial charge in [-0.05, 0) is 32.8 Å². The number of ether oxygens (including phenoxy) is 1. The third-order valence-electron chi connectivity index (χ3n) is 4.58. The predicted octanol–water partition coefficient (Wildman–Crippen LogP) is 1.99. The maximum Gasteiger partial charge on any atom is 0.341 e. The molecule has 2 aromatic heterocycles. The topological polar surface area (TPSA) is 119 Å². The summed E-state index contributed by atoms with van der Waals surface area (Å²) in [7, 11) is -2.41. The van der Waals surface area contributed by atoms with Crippen LogP contribution in [-0.2, 0) is 21.3 Å². The minimum Gasteiger partial charge on any atom is -0.465 e. The molecule has 0 bridgehead atoms. The van der Waals surface area contributed by atoms with Crippen molar-refractivity contribution in [2.45, 2.75) is 38.1 Å². The van der Waals surface area contributed by atoms with Crippen molar-refractivity contribution in [2.24, 2.45) is 0 Å². The third kappa shape index (κ3) is 3.83. The van der Waals surface area contributed by atoms with Gasteiger partial charge in [-0.3, -0.25) is 4.79 Å². The Morgan fingerprint density at radius 2 is 1.82 bits per heavy atom. The number of methoxy groups -OCH3 is 1. The first-order chi connectivity index (χ1) is 13.2. The zero-order valence-electron chi connectivity index (χ0n) is 15.9. The van der Waals surface area contributed by atoms with Crippen LogP contribution in [0.25, 0.3) is 0 Å². The second-order valence-electron chi connectivity index (χ2n) is 6.50. The second kappa shape index (κ2) is 7.80. The second-order valence-corrected chi connectivity index (χ2v) is 8.41. The van der Waals surface area contributed by atoms with Gasteiger partial charge in [0.25, 0.3) is 5.91 Å². The number of nitrogens with zero attached hydrogens (tertiary/aromatic N) is 1. The molecule has 1 fully saturated rings. The van der Waals surface area contributed by atoms with Crippen molar-refractivity contribution < 1.29 is 31.6 Å². The molecule has 3 rings (SSSR count). The summed E-state index contributed by atoms with van der Waals surface area (Å²) in [5.74, 6) is -0.314. The fourth-order valence-electron chi connectivity index (χ4n) is 3.10. The zero-order valence-corrected chi connectivity index (χ0v) is 16.7. The Balaban J connectivity index is 1.71. The SMILES string of the molecule is COC(=O)c1cc(CNC(=O)c2cc(S(=O)(=O)N3CCCC3)c(C)o2)oc1C. The molecule has 1 aliphatic heterocycles. The summed E-state index contributed by atoms with van der Waals surface area (Å²) in [5.41, 5.74) is 0.277. The minimum atomic E-state index is -3.67. The van der Waals surface area contributed by atoms with Gasteiger partial charge in [0, 0.05) is 19.2 Å². The van der Waals surface area contributed by atoms with Crippen LogP contribution in [0.2, 0.25) is 0 Å². The lowest BCUT2D eigenvalue weighted by molar-refractivity contribution is 0.0598. The molecular weight excluding hydrogens is 388 g/mol. The average molecular weight is 410 g/mol. The Kier molecular flexibility index (Phi) is 5.61. The van der Waals surface area contributed by atoms with Crippen molar-refractivity contribution >= 4 is 21.9 Å². The lowest BCUT2D eigenvalue weighted by Gasteiger charge is -2.14. The van der Waals surface area contributed by atoms with Gasteiger partial charge in [-0.2, -0.15) is 4.31 Å². The van der Waals surface area contributed by atoms with Gasteiger partial charge in [0.2, 0.25) is 10.0 Å². The van der Waals surface area contributed by atoms with E-state index in [9.17, 15) is 18.0 Å². The molecule has 10 heteroatoms. The van der Waals surface area contributed by atoms with Crippen LogP contribution in [0.3, 0.4) is 0 Å². The predicted molar refractivity (Wildman–Crippen MR) is 97.4 cm³/mol. The standard InChI is InChI=1S/C18H22N2O7S/c1-11-14(18(22)25-3)8-13(26-11)10-19-17(21)15-9-16(12(2)27-15)28(23,24)20-6-4-5-7-20/h8-9H,4-7,10H2,1-3H3,(H,19,21). The Hall–Kier alpha value is -2.59. The van der Waals surface area contributed by atoms with E-state index in [1.807, 2.05) is 0 Å². The van der Waals surface area contributed by atoms with Gasteiger partial charge in [0.15, 0.2) is 5.76 Å². The van der Waals surface area contributed by atoms with E-state index in [-0.39, 0.29) is 28.5 Å². The van der Waals surface area contributed by atoms with Crippen LogP contribution in [0.4, 0.5) is 0 Å². The van der Waals surface area contributed by atoms with Crippen molar-refractivity contribution in [3.8, 4) is 0 Å². The van der Waals surface area contributed by atoms with E-state index in [0.717, 1.165) is 12.8 Å². The molecule has 28 heavy (non-hydrogen) atoms. The fourth-order valence-corrected chi connectivity index (χ4v) is 4.78. The van der Waals surface area contributed by atoms with Gasteiger partial charge in [-0.1, -0.05) is 0 Å². The van der Waals surface area contributed by atoms with E-state index < -0.39 is 21.9 Å². The van der Waals surface area contributed by atoms with E-state index in [1.165, 1.54) is 30.5 Å². The number of hydrogen-bond donors (Lipinski definition) is 1. The quantitative estimate of drug-likeness (QED) is 0.723. The van der Waals surface area contributed by atoms with Gasteiger partial charge in [0.05, 0.1) is 13.7 Å². The van der Waals surface area contributed by atoms with Gasteiger partial charge in [-0.15, -0.1) is 0 Å². The maximum absolute atomic E-state index is 12.7. The molecule has 0 radical (unpaired) electrons. The van der Waals surface area contributed by atoms with Crippen molar-refractivity contribution in [3.63, 3.8) is 0 Å². The van der Waals surface area contributed by atoms with Crippen LogP contribution in [0.5, 0.6) is 0 Å². The van der Waals surface area contributed by atoms with Crippen molar-refractivity contribution in [1.29, 1.82) is 0 Å². The Morgan fingerprint density at radius 3 is 2.46 bits per heavy atom. The first-order valence-electron chi connectivity index (χ1n) is 8.80. The Bertz CT molecular complexity index is 997. The highest BCUT2D eigenvalue weighted by Gasteiger charge is 2.31. The highest BCUT2D eigenvalue weighted by atomic mass is 32.2. The number of carbonyl (C=O) groups excluding carboxylic acids is 2. The van der Waals surface area contributed by atoms with Gasteiger partial charge < -0.3 is 18.9 Å². The Labute approximate surface area is 162 Å². The largest absolute Gasteiger partial charge is 0.465 e. The molecule has 1 amide bonds. The van der Waals surface area contributed by atoms with Gasteiger partial charge in [0.1, 0.15) is 27.7 Å². The highest BCUT2D eigenvalue weighted by molar-refractivity contribution is 7.89. The maximum atomic E-state index is 12.7. The lowest BCUT2D eigenvalue weighted by atomic mass is 10.2. The average Bonchev–Trinajstić information content (AvgIpc) is 3.39. The molecular formula is C18H22N2O7S. The van der Waals surface area contributed by atoms with Crippen molar-refractivity contribution in [3.05, 3.63) is 40.7 Å². The fraction of sp³-hybridized carbons (Fsp3) is 0.444. The summed E-state index contributed by atoms with van der Waals surface area (Å²) in [4.78, 5) is 24.0. The van der Waals surface area contributed by atoms with Crippen LogP contribution in [-0.4, -0.2) is 44.8 Å². The first-order valence-corrected chi connectivity index (χ1v) is 10.2. The molecule has 0 spiro atoms. The summed E-state index contributed by atoms with van der Waals surface area (Å²) >= 11 is 0. The molecule has 1 aliphatic rings. The third-order valence-corrected chi connectivity index (χ3v) is 6.58. The van der Waals surface area contributed by atoms with Crippen molar-refractivity contribution in [1.82, 2.24) is 9.62 Å². The molecule has 0 unspecified atom stereocenters. The van der Waals surface area contributed by atoms with E-state index in [2.05, 4.69) is 10.1 Å². The number of amides is 1. The number of furan rings is 2. The number of hydrogen-bond acceptors (Lipinski definition) is 7. The molecule has 0 aromatic carbocycles. The lowest BCUT2D eigenvalue weighted by Crippen LogP contribution is -2.28. The summed E-state index contributed by atoms with van der Waals surface area (Å²) < 4.78 is 42.2. The zero-order chi connectivity index (χ0) is 20.5. The smallest absolute Gasteiger partial charge is 0.341 e. The molecule has 0 atom stereocenters. The molecule has 1 N–H and O–H groups in total. The monoisotopic (exact) mass is 410 g/mol. The molecule has 0 aliphatic carbocycles. The number of aryl methyl sites for hydroxylation is 2. The highest BCUT2D eigenvalue weighted by Crippen LogP contribution is 2.26. The summed E-state index contributed by atoms with van der Waals surface area (Å²) in [6, 6.07) is 2.73. The molecule has 9 nitrogen and oxygen atoms in total. The summed E-state index contributed by atoms with van der Waals surface area (Å²) in [6.45, 7) is 4.07. The van der Waals surface area contributed by atoms with Gasteiger partial charge >= 0.3 is 5.97 Å². The molecule has 2 aromatic rings. The van der Waals surface area contributed by atoms with E-state index >= 15 is 0 Å². The minimum absolute atomic E-state index is 0.00127. The van der Waals surface area contributed by atoms with E-state index in [1.54, 1.807) is 6.92 Å². The molecule has 3 heterocycles. The molecule has 1 saturated heterocycles. The van der Waals surface area contributed by atoms with Crippen LogP contribution in [0.1, 0.15) is 51.0 Å². The molecule has 152 valence electrons. The van der Waals surface area contributed by atoms with Crippen LogP contribution in [0, 0.1) is 13.8 Å². The summed E-state index contributed by atoms with van der Waals surface area (Å²) in [6.07, 6.45) is 1.64. The van der Waals surface area contributed by atoms with Crippen LogP contribution in [0.15, 0.2) is 25.9 Å². The number of carbonyl (C=O) groups is 2. The van der Waals surface area contributed by atoms with Crippen molar-refractivity contribution in [2.75, 3.05) is 20.2 Å². The van der Waals surface area contributed by atoms with Crippen LogP contribution >= 0.6 is 0 Å². The van der Waals surface area contributed by atoms with Crippen LogP contribution < -0.4 is 5.32 Å². The van der Waals surface area contributed by atoms with Gasteiger partial charge in [-0.25, -0.2) is 13.2 Å². The van der Waals surface area contributed by atoms with E-state index in [0.29, 0.717) is 24.6 Å². The summed E-state index contributed by atoms with van der Waals surface area (Å²) in [5, 5.41) is 2.59. The first kappa shape index (κ1) is 20.2. The number of esters is 1. The molecule has 0 saturated carbocycles. The number of sulfonamides is 1. The number of nitrogens with one attached hydrogen (secondary N) is 1. The normalized spacial score (nSPS) is 15.0.